The van der Waals surface area contributed by atoms with Gasteiger partial charge in [0.2, 0.25) is 0 Å². The maximum atomic E-state index is 6.30. The largest absolute Gasteiger partial charge is 0.456 e. The van der Waals surface area contributed by atoms with Gasteiger partial charge >= 0.3 is 0 Å². The molecule has 1 heterocycles. The number of furan rings is 1. The monoisotopic (exact) mass is 739 g/mol. The lowest BCUT2D eigenvalue weighted by atomic mass is 9.94. The first-order chi connectivity index (χ1) is 28.7. The number of anilines is 3. The fraction of sp³-hybridized carbons (Fsp3) is 0. The van der Waals surface area contributed by atoms with E-state index >= 15 is 0 Å². The molecule has 0 radical (unpaired) electrons. The van der Waals surface area contributed by atoms with Crippen molar-refractivity contribution in [3.8, 4) is 44.5 Å². The smallest absolute Gasteiger partial charge is 0.136 e. The molecule has 0 saturated heterocycles. The van der Waals surface area contributed by atoms with Gasteiger partial charge in [0.05, 0.1) is 0 Å². The summed E-state index contributed by atoms with van der Waals surface area (Å²) in [6, 6.07) is 80.7. The molecule has 0 aliphatic rings. The fourth-order valence-corrected chi connectivity index (χ4v) is 8.65. The lowest BCUT2D eigenvalue weighted by Crippen LogP contribution is -2.10. The van der Waals surface area contributed by atoms with Gasteiger partial charge in [-0.3, -0.25) is 0 Å². The number of hydrogen-bond donors (Lipinski definition) is 0. The fourth-order valence-electron chi connectivity index (χ4n) is 8.65. The highest BCUT2D eigenvalue weighted by Gasteiger charge is 2.17. The number of rotatable bonds is 7. The molecule has 0 atom stereocenters. The van der Waals surface area contributed by atoms with Crippen LogP contribution in [-0.4, -0.2) is 0 Å². The van der Waals surface area contributed by atoms with Gasteiger partial charge in [0, 0.05) is 27.8 Å². The van der Waals surface area contributed by atoms with E-state index in [4.69, 9.17) is 4.42 Å². The molecule has 1 aromatic heterocycles. The van der Waals surface area contributed by atoms with Crippen LogP contribution in [0.2, 0.25) is 0 Å². The molecular weight excluding hydrogens is 703 g/mol. The van der Waals surface area contributed by atoms with Gasteiger partial charge in [-0.25, -0.2) is 0 Å². The Kier molecular flexibility index (Phi) is 8.19. The van der Waals surface area contributed by atoms with Crippen molar-refractivity contribution in [1.29, 1.82) is 0 Å². The minimum absolute atomic E-state index is 0.893. The third kappa shape index (κ3) is 5.91. The summed E-state index contributed by atoms with van der Waals surface area (Å²) in [6.07, 6.45) is 0. The van der Waals surface area contributed by atoms with E-state index in [1.54, 1.807) is 0 Å². The third-order valence-electron chi connectivity index (χ3n) is 11.5. The molecule has 0 bridgehead atoms. The van der Waals surface area contributed by atoms with Crippen LogP contribution in [0.1, 0.15) is 0 Å². The van der Waals surface area contributed by atoms with Crippen molar-refractivity contribution < 1.29 is 4.42 Å². The van der Waals surface area contributed by atoms with Gasteiger partial charge in [0.15, 0.2) is 0 Å². The molecule has 0 aliphatic carbocycles. The molecule has 2 nitrogen and oxygen atoms in total. The van der Waals surface area contributed by atoms with Crippen molar-refractivity contribution >= 4 is 60.5 Å². The van der Waals surface area contributed by atoms with Crippen molar-refractivity contribution in [3.05, 3.63) is 224 Å². The summed E-state index contributed by atoms with van der Waals surface area (Å²) in [7, 11) is 0. The normalized spacial score (nSPS) is 11.4. The van der Waals surface area contributed by atoms with Gasteiger partial charge in [-0.2, -0.15) is 0 Å². The molecule has 10 aromatic carbocycles. The van der Waals surface area contributed by atoms with E-state index in [-0.39, 0.29) is 0 Å². The Morgan fingerprint density at radius 3 is 1.55 bits per heavy atom. The Hall–Kier alpha value is -7.68. The highest BCUT2D eigenvalue weighted by molar-refractivity contribution is 6.12. The highest BCUT2D eigenvalue weighted by atomic mass is 16.3. The molecular formula is C56H37NO. The minimum Gasteiger partial charge on any atom is -0.456 e. The first-order valence-corrected chi connectivity index (χ1v) is 19.8. The van der Waals surface area contributed by atoms with Gasteiger partial charge in [-0.1, -0.05) is 170 Å². The van der Waals surface area contributed by atoms with E-state index in [1.807, 2.05) is 12.1 Å². The standard InChI is InChI=1S/C56H37NO/c1-2-12-38(13-3-1)47-17-6-7-18-48(47)40-24-30-44(31-25-40)57(46-16-10-15-42(36-46)43-29-35-54-53-20-8-9-23-55(53)58-56(54)37-43)45-32-26-41(27-33-45)50-21-11-22-51-49-19-5-4-14-39(49)28-34-52(50)51/h1-37H. The zero-order valence-electron chi connectivity index (χ0n) is 31.7. The van der Waals surface area contributed by atoms with Gasteiger partial charge in [0.25, 0.3) is 0 Å². The second-order valence-electron chi connectivity index (χ2n) is 14.9. The Morgan fingerprint density at radius 1 is 0.259 bits per heavy atom. The summed E-state index contributed by atoms with van der Waals surface area (Å²) in [5.41, 5.74) is 14.5. The van der Waals surface area contributed by atoms with Gasteiger partial charge in [-0.05, 0) is 121 Å². The Morgan fingerprint density at radius 2 is 0.776 bits per heavy atom. The van der Waals surface area contributed by atoms with Crippen LogP contribution in [0.25, 0.3) is 88.0 Å². The first-order valence-electron chi connectivity index (χ1n) is 19.8. The van der Waals surface area contributed by atoms with Gasteiger partial charge in [0.1, 0.15) is 11.2 Å². The zero-order valence-corrected chi connectivity index (χ0v) is 31.7. The summed E-state index contributed by atoms with van der Waals surface area (Å²) < 4.78 is 6.30. The zero-order chi connectivity index (χ0) is 38.4. The van der Waals surface area contributed by atoms with Crippen LogP contribution in [-0.2, 0) is 0 Å². The van der Waals surface area contributed by atoms with E-state index in [1.165, 1.54) is 54.9 Å². The van der Waals surface area contributed by atoms with E-state index in [2.05, 4.69) is 217 Å². The summed E-state index contributed by atoms with van der Waals surface area (Å²) in [6.45, 7) is 0. The molecule has 0 unspecified atom stereocenters. The Balaban J connectivity index is 1.01. The number of benzene rings is 10. The Labute approximate surface area is 337 Å². The predicted molar refractivity (Wildman–Crippen MR) is 245 cm³/mol. The summed E-state index contributed by atoms with van der Waals surface area (Å²) in [5, 5.41) is 7.33. The highest BCUT2D eigenvalue weighted by Crippen LogP contribution is 2.41. The SMILES string of the molecule is c1ccc(-c2ccccc2-c2ccc(N(c3ccc(-c4cccc5c4ccc4ccccc45)cc3)c3cccc(-c4ccc5c(c4)oc4ccccc45)c3)cc2)cc1. The summed E-state index contributed by atoms with van der Waals surface area (Å²) >= 11 is 0. The second-order valence-corrected chi connectivity index (χ2v) is 14.9. The quantitative estimate of drug-likeness (QED) is 0.151. The lowest BCUT2D eigenvalue weighted by Gasteiger charge is -2.26. The van der Waals surface area contributed by atoms with Crippen molar-refractivity contribution in [3.63, 3.8) is 0 Å². The van der Waals surface area contributed by atoms with Crippen LogP contribution in [0, 0.1) is 0 Å². The number of fused-ring (bicyclic) bond motifs is 6. The van der Waals surface area contributed by atoms with Crippen LogP contribution in [0.4, 0.5) is 17.1 Å². The Bertz CT molecular complexity index is 3270. The molecule has 0 aliphatic heterocycles. The average Bonchev–Trinajstić information content (AvgIpc) is 3.68. The molecule has 0 fully saturated rings. The molecule has 0 spiro atoms. The van der Waals surface area contributed by atoms with Crippen LogP contribution in [0.5, 0.6) is 0 Å². The van der Waals surface area contributed by atoms with Gasteiger partial charge in [-0.15, -0.1) is 0 Å². The van der Waals surface area contributed by atoms with Crippen molar-refractivity contribution in [2.24, 2.45) is 0 Å². The number of hydrogen-bond acceptors (Lipinski definition) is 2. The molecule has 2 heteroatoms. The van der Waals surface area contributed by atoms with Crippen molar-refractivity contribution in [2.75, 3.05) is 4.90 Å². The molecule has 272 valence electrons. The maximum absolute atomic E-state index is 6.30. The maximum Gasteiger partial charge on any atom is 0.136 e. The van der Waals surface area contributed by atoms with Crippen LogP contribution in [0.3, 0.4) is 0 Å². The van der Waals surface area contributed by atoms with Gasteiger partial charge < -0.3 is 9.32 Å². The number of para-hydroxylation sites is 1. The second kappa shape index (κ2) is 14.1. The van der Waals surface area contributed by atoms with E-state index < -0.39 is 0 Å². The summed E-state index contributed by atoms with van der Waals surface area (Å²) in [4.78, 5) is 2.36. The molecule has 11 rings (SSSR count). The van der Waals surface area contributed by atoms with E-state index in [0.717, 1.165) is 50.1 Å². The minimum atomic E-state index is 0.893. The van der Waals surface area contributed by atoms with Crippen LogP contribution < -0.4 is 4.90 Å². The van der Waals surface area contributed by atoms with Crippen molar-refractivity contribution in [1.82, 2.24) is 0 Å². The molecule has 11 aromatic rings. The molecule has 58 heavy (non-hydrogen) atoms. The van der Waals surface area contributed by atoms with E-state index in [0.29, 0.717) is 0 Å². The van der Waals surface area contributed by atoms with Crippen LogP contribution >= 0.6 is 0 Å². The molecule has 0 saturated carbocycles. The lowest BCUT2D eigenvalue weighted by molar-refractivity contribution is 0.669. The summed E-state index contributed by atoms with van der Waals surface area (Å²) in [5.74, 6) is 0. The molecule has 0 N–H and O–H groups in total. The molecule has 0 amide bonds. The first kappa shape index (κ1) is 33.6. The van der Waals surface area contributed by atoms with E-state index in [9.17, 15) is 0 Å². The third-order valence-corrected chi connectivity index (χ3v) is 11.5. The number of nitrogens with zero attached hydrogens (tertiary/aromatic N) is 1. The average molecular weight is 740 g/mol. The topological polar surface area (TPSA) is 16.4 Å². The van der Waals surface area contributed by atoms with Crippen LogP contribution in [0.15, 0.2) is 229 Å². The van der Waals surface area contributed by atoms with Crippen molar-refractivity contribution in [2.45, 2.75) is 0 Å². The predicted octanol–water partition coefficient (Wildman–Crippen LogP) is 16.0.